The van der Waals surface area contributed by atoms with Crippen LogP contribution in [0.2, 0.25) is 0 Å². The van der Waals surface area contributed by atoms with E-state index in [0.717, 1.165) is 22.9 Å². The Morgan fingerprint density at radius 3 is 2.60 bits per heavy atom. The summed E-state index contributed by atoms with van der Waals surface area (Å²) >= 11 is 0. The van der Waals surface area contributed by atoms with Crippen LogP contribution in [0.3, 0.4) is 0 Å². The fourth-order valence-electron chi connectivity index (χ4n) is 3.05. The van der Waals surface area contributed by atoms with E-state index in [4.69, 9.17) is 0 Å². The number of hydrogen-bond donors (Lipinski definition) is 3. The first-order chi connectivity index (χ1) is 9.74. The van der Waals surface area contributed by atoms with Crippen molar-refractivity contribution in [1.29, 1.82) is 0 Å². The van der Waals surface area contributed by atoms with Crippen LogP contribution in [0.1, 0.15) is 32.6 Å². The third-order valence-electron chi connectivity index (χ3n) is 4.28. The van der Waals surface area contributed by atoms with Crippen molar-refractivity contribution in [2.24, 2.45) is 5.92 Å². The van der Waals surface area contributed by atoms with Crippen molar-refractivity contribution < 1.29 is 0 Å². The third kappa shape index (κ3) is 2.79. The number of aromatic nitrogens is 2. The van der Waals surface area contributed by atoms with Crippen LogP contribution in [-0.4, -0.2) is 16.2 Å². The quantitative estimate of drug-likeness (QED) is 0.798. The Bertz CT molecular complexity index is 611. The number of nitrogens with one attached hydrogen (secondary N) is 3. The van der Waals surface area contributed by atoms with Crippen LogP contribution < -0.4 is 10.9 Å². The summed E-state index contributed by atoms with van der Waals surface area (Å²) in [6, 6.07) is 10.4. The highest BCUT2D eigenvalue weighted by Crippen LogP contribution is 2.30. The second kappa shape index (κ2) is 5.57. The molecule has 0 bridgehead atoms. The fraction of sp³-hybridized carbons (Fsp3) is 0.438. The van der Waals surface area contributed by atoms with Gasteiger partial charge in [-0.15, -0.1) is 0 Å². The van der Waals surface area contributed by atoms with Gasteiger partial charge in [0.2, 0.25) is 0 Å². The molecular weight excluding hydrogens is 250 g/mol. The van der Waals surface area contributed by atoms with Crippen molar-refractivity contribution in [3.05, 3.63) is 40.7 Å². The van der Waals surface area contributed by atoms with Gasteiger partial charge < -0.3 is 5.32 Å². The minimum absolute atomic E-state index is 0.0984. The van der Waals surface area contributed by atoms with Crippen LogP contribution in [0.4, 0.5) is 5.69 Å². The van der Waals surface area contributed by atoms with Gasteiger partial charge in [-0.3, -0.25) is 15.0 Å². The van der Waals surface area contributed by atoms with E-state index >= 15 is 0 Å². The molecule has 0 amide bonds. The number of benzene rings is 1. The Hall–Kier alpha value is -1.97. The maximum Gasteiger partial charge on any atom is 0.264 e. The Labute approximate surface area is 118 Å². The highest BCUT2D eigenvalue weighted by atomic mass is 16.1. The molecule has 3 N–H and O–H groups in total. The average molecular weight is 271 g/mol. The van der Waals surface area contributed by atoms with E-state index in [2.05, 4.69) is 34.6 Å². The zero-order chi connectivity index (χ0) is 13.9. The monoisotopic (exact) mass is 271 g/mol. The molecule has 0 aliphatic heterocycles. The number of anilines is 1. The molecule has 1 saturated carbocycles. The van der Waals surface area contributed by atoms with Crippen molar-refractivity contribution >= 4 is 5.69 Å². The fourth-order valence-corrected chi connectivity index (χ4v) is 3.05. The zero-order valence-corrected chi connectivity index (χ0v) is 11.8. The van der Waals surface area contributed by atoms with E-state index in [1.165, 1.54) is 25.7 Å². The molecule has 4 nitrogen and oxygen atoms in total. The summed E-state index contributed by atoms with van der Waals surface area (Å²) in [6.45, 7) is 2.28. The second-order valence-electron chi connectivity index (χ2n) is 5.68. The molecule has 3 rings (SSSR count). The Balaban J connectivity index is 1.66. The normalized spacial score (nSPS) is 22.1. The van der Waals surface area contributed by atoms with Crippen molar-refractivity contribution in [3.8, 4) is 11.3 Å². The summed E-state index contributed by atoms with van der Waals surface area (Å²) in [6.07, 6.45) is 5.18. The van der Waals surface area contributed by atoms with Gasteiger partial charge in [-0.25, -0.2) is 0 Å². The van der Waals surface area contributed by atoms with E-state index in [-0.39, 0.29) is 5.56 Å². The van der Waals surface area contributed by atoms with E-state index in [1.54, 1.807) is 6.07 Å². The lowest BCUT2D eigenvalue weighted by molar-refractivity contribution is 0.525. The SMILES string of the molecule is CCC1CCC(Nc2ccc(-c3cc(=O)[nH][nH]3)cc2)C1. The van der Waals surface area contributed by atoms with E-state index < -0.39 is 0 Å². The Kier molecular flexibility index (Phi) is 3.63. The van der Waals surface area contributed by atoms with Gasteiger partial charge in [0.25, 0.3) is 5.56 Å². The Morgan fingerprint density at radius 1 is 1.20 bits per heavy atom. The molecule has 0 radical (unpaired) electrons. The van der Waals surface area contributed by atoms with Gasteiger partial charge in [-0.2, -0.15) is 0 Å². The number of hydrogen-bond acceptors (Lipinski definition) is 2. The van der Waals surface area contributed by atoms with Gasteiger partial charge in [0.1, 0.15) is 0 Å². The second-order valence-corrected chi connectivity index (χ2v) is 5.68. The first kappa shape index (κ1) is 13.0. The lowest BCUT2D eigenvalue weighted by atomic mass is 10.1. The topological polar surface area (TPSA) is 60.7 Å². The molecule has 2 unspecified atom stereocenters. The number of H-pyrrole nitrogens is 2. The smallest absolute Gasteiger partial charge is 0.264 e. The summed E-state index contributed by atoms with van der Waals surface area (Å²) in [5.41, 5.74) is 2.91. The van der Waals surface area contributed by atoms with Gasteiger partial charge >= 0.3 is 0 Å². The van der Waals surface area contributed by atoms with Crippen molar-refractivity contribution in [3.63, 3.8) is 0 Å². The van der Waals surface area contributed by atoms with Gasteiger partial charge in [0.15, 0.2) is 0 Å². The van der Waals surface area contributed by atoms with Crippen LogP contribution in [0, 0.1) is 5.92 Å². The van der Waals surface area contributed by atoms with Crippen LogP contribution in [0.5, 0.6) is 0 Å². The molecule has 106 valence electrons. The molecule has 1 aromatic heterocycles. The van der Waals surface area contributed by atoms with Crippen molar-refractivity contribution in [2.75, 3.05) is 5.32 Å². The molecule has 0 spiro atoms. The molecule has 1 aliphatic rings. The van der Waals surface area contributed by atoms with Crippen molar-refractivity contribution in [2.45, 2.75) is 38.6 Å². The van der Waals surface area contributed by atoms with Crippen LogP contribution in [0.25, 0.3) is 11.3 Å². The van der Waals surface area contributed by atoms with Crippen LogP contribution in [-0.2, 0) is 0 Å². The third-order valence-corrected chi connectivity index (χ3v) is 4.28. The lowest BCUT2D eigenvalue weighted by Gasteiger charge is -2.14. The molecule has 20 heavy (non-hydrogen) atoms. The number of aromatic amines is 2. The average Bonchev–Trinajstić information content (AvgIpc) is 3.09. The number of rotatable bonds is 4. The van der Waals surface area contributed by atoms with E-state index in [0.29, 0.717) is 6.04 Å². The summed E-state index contributed by atoms with van der Waals surface area (Å²) in [4.78, 5) is 11.1. The molecule has 1 aliphatic carbocycles. The molecule has 4 heteroatoms. The predicted octanol–water partition coefficient (Wildman–Crippen LogP) is 3.36. The zero-order valence-electron chi connectivity index (χ0n) is 11.8. The van der Waals surface area contributed by atoms with Crippen molar-refractivity contribution in [1.82, 2.24) is 10.2 Å². The molecule has 2 atom stereocenters. The lowest BCUT2D eigenvalue weighted by Crippen LogP contribution is -2.15. The van der Waals surface area contributed by atoms with E-state index in [1.807, 2.05) is 12.1 Å². The van der Waals surface area contributed by atoms with Gasteiger partial charge in [0.05, 0.1) is 5.69 Å². The van der Waals surface area contributed by atoms with Gasteiger partial charge in [-0.05, 0) is 42.9 Å². The first-order valence-corrected chi connectivity index (χ1v) is 7.39. The largest absolute Gasteiger partial charge is 0.382 e. The maximum atomic E-state index is 11.1. The summed E-state index contributed by atoms with van der Waals surface area (Å²) in [5, 5.41) is 9.03. The Morgan fingerprint density at radius 2 is 2.00 bits per heavy atom. The minimum Gasteiger partial charge on any atom is -0.382 e. The van der Waals surface area contributed by atoms with E-state index in [9.17, 15) is 4.79 Å². The standard InChI is InChI=1S/C16H21N3O/c1-2-11-3-6-14(9-11)17-13-7-4-12(5-8-13)15-10-16(20)19-18-15/h4-5,7-8,10-11,14,17H,2-3,6,9H2,1H3,(H2,18,19,20). The van der Waals surface area contributed by atoms with Gasteiger partial charge in [0, 0.05) is 17.8 Å². The van der Waals surface area contributed by atoms with Gasteiger partial charge in [-0.1, -0.05) is 25.5 Å². The highest BCUT2D eigenvalue weighted by Gasteiger charge is 2.22. The highest BCUT2D eigenvalue weighted by molar-refractivity contribution is 5.62. The first-order valence-electron chi connectivity index (χ1n) is 7.39. The maximum absolute atomic E-state index is 11.1. The predicted molar refractivity (Wildman–Crippen MR) is 81.9 cm³/mol. The molecule has 0 saturated heterocycles. The summed E-state index contributed by atoms with van der Waals surface area (Å²) in [5.74, 6) is 0.886. The summed E-state index contributed by atoms with van der Waals surface area (Å²) in [7, 11) is 0. The summed E-state index contributed by atoms with van der Waals surface area (Å²) < 4.78 is 0. The van der Waals surface area contributed by atoms with Crippen LogP contribution in [0.15, 0.2) is 35.1 Å². The van der Waals surface area contributed by atoms with Crippen LogP contribution >= 0.6 is 0 Å². The molecule has 1 heterocycles. The minimum atomic E-state index is -0.0984. The molecule has 2 aromatic rings. The molecule has 1 aromatic carbocycles. The molecular formula is C16H21N3O. The molecule has 1 fully saturated rings.